The van der Waals surface area contributed by atoms with Crippen LogP contribution in [-0.2, 0) is 18.0 Å². The van der Waals surface area contributed by atoms with E-state index in [9.17, 15) is 4.79 Å². The summed E-state index contributed by atoms with van der Waals surface area (Å²) in [5, 5.41) is 8.79. The summed E-state index contributed by atoms with van der Waals surface area (Å²) < 4.78 is 6.63. The first-order chi connectivity index (χ1) is 9.15. The molecule has 0 fully saturated rings. The van der Waals surface area contributed by atoms with Gasteiger partial charge in [-0.1, -0.05) is 40.2 Å². The molecule has 1 N–H and O–H groups in total. The Balaban J connectivity index is 1.85. The van der Waals surface area contributed by atoms with Crippen LogP contribution < -0.4 is 0 Å². The highest BCUT2D eigenvalue weighted by atomic mass is 79.9. The Kier molecular flexibility index (Phi) is 4.71. The van der Waals surface area contributed by atoms with Crippen LogP contribution in [0.3, 0.4) is 0 Å². The van der Waals surface area contributed by atoms with E-state index < -0.39 is 5.97 Å². The molecule has 0 bridgehead atoms. The van der Waals surface area contributed by atoms with Crippen LogP contribution in [0.2, 0.25) is 0 Å². The number of aromatic carboxylic acids is 1. The Labute approximate surface area is 120 Å². The van der Waals surface area contributed by atoms with Gasteiger partial charge < -0.3 is 9.84 Å². The van der Waals surface area contributed by atoms with Gasteiger partial charge in [-0.2, -0.15) is 0 Å². The number of benzene rings is 2. The number of ether oxygens (including phenoxy) is 1. The molecule has 2 aromatic carbocycles. The van der Waals surface area contributed by atoms with Crippen LogP contribution in [0.15, 0.2) is 53.0 Å². The second-order valence-electron chi connectivity index (χ2n) is 4.12. The summed E-state index contributed by atoms with van der Waals surface area (Å²) in [6.45, 7) is 1.00. The van der Waals surface area contributed by atoms with Gasteiger partial charge in [0.1, 0.15) is 0 Å². The normalized spacial score (nSPS) is 10.4. The van der Waals surface area contributed by atoms with Crippen LogP contribution in [0, 0.1) is 0 Å². The summed E-state index contributed by atoms with van der Waals surface area (Å²) in [5.41, 5.74) is 2.35. The van der Waals surface area contributed by atoms with Gasteiger partial charge in [-0.25, -0.2) is 4.79 Å². The first-order valence-electron chi connectivity index (χ1n) is 5.79. The second kappa shape index (κ2) is 6.50. The molecule has 0 aromatic heterocycles. The van der Waals surface area contributed by atoms with E-state index in [1.165, 1.54) is 0 Å². The van der Waals surface area contributed by atoms with E-state index in [4.69, 9.17) is 9.84 Å². The summed E-state index contributed by atoms with van der Waals surface area (Å²) in [6.07, 6.45) is 0. The molecule has 4 heteroatoms. The van der Waals surface area contributed by atoms with E-state index in [2.05, 4.69) is 15.9 Å². The predicted octanol–water partition coefficient (Wildman–Crippen LogP) is 3.86. The highest BCUT2D eigenvalue weighted by Gasteiger charge is 2.01. The lowest BCUT2D eigenvalue weighted by Crippen LogP contribution is -1.98. The van der Waals surface area contributed by atoms with Crippen molar-refractivity contribution in [2.24, 2.45) is 0 Å². The molecular weight excluding hydrogens is 308 g/mol. The third-order valence-corrected chi connectivity index (χ3v) is 3.18. The highest BCUT2D eigenvalue weighted by Crippen LogP contribution is 2.12. The van der Waals surface area contributed by atoms with Gasteiger partial charge in [-0.05, 0) is 35.4 Å². The molecule has 0 unspecified atom stereocenters. The van der Waals surface area contributed by atoms with Crippen LogP contribution >= 0.6 is 15.9 Å². The van der Waals surface area contributed by atoms with Gasteiger partial charge in [0.25, 0.3) is 0 Å². The Morgan fingerprint density at radius 3 is 1.89 bits per heavy atom. The zero-order valence-corrected chi connectivity index (χ0v) is 11.8. The summed E-state index contributed by atoms with van der Waals surface area (Å²) in [4.78, 5) is 10.7. The number of hydrogen-bond donors (Lipinski definition) is 1. The number of carbonyl (C=O) groups is 1. The third kappa shape index (κ3) is 4.19. The maximum atomic E-state index is 10.7. The van der Waals surface area contributed by atoms with E-state index >= 15 is 0 Å². The van der Waals surface area contributed by atoms with Gasteiger partial charge in [0.2, 0.25) is 0 Å². The lowest BCUT2D eigenvalue weighted by atomic mass is 10.1. The quantitative estimate of drug-likeness (QED) is 0.909. The molecule has 3 nitrogen and oxygen atoms in total. The van der Waals surface area contributed by atoms with Gasteiger partial charge in [-0.15, -0.1) is 0 Å². The Bertz CT molecular complexity index is 547. The fourth-order valence-corrected chi connectivity index (χ4v) is 1.88. The first-order valence-corrected chi connectivity index (χ1v) is 6.59. The van der Waals surface area contributed by atoms with Crippen LogP contribution in [-0.4, -0.2) is 11.1 Å². The zero-order valence-electron chi connectivity index (χ0n) is 10.2. The summed E-state index contributed by atoms with van der Waals surface area (Å²) >= 11 is 3.38. The van der Waals surface area contributed by atoms with Crippen molar-refractivity contribution < 1.29 is 14.6 Å². The molecule has 0 saturated heterocycles. The van der Waals surface area contributed by atoms with E-state index in [0.29, 0.717) is 13.2 Å². The molecule has 0 aliphatic carbocycles. The van der Waals surface area contributed by atoms with Crippen molar-refractivity contribution >= 4 is 21.9 Å². The monoisotopic (exact) mass is 320 g/mol. The van der Waals surface area contributed by atoms with Crippen LogP contribution in [0.25, 0.3) is 0 Å². The molecule has 0 amide bonds. The van der Waals surface area contributed by atoms with E-state index in [1.807, 2.05) is 24.3 Å². The number of carboxylic acids is 1. The van der Waals surface area contributed by atoms with Crippen molar-refractivity contribution in [3.8, 4) is 0 Å². The van der Waals surface area contributed by atoms with E-state index in [0.717, 1.165) is 15.6 Å². The van der Waals surface area contributed by atoms with Crippen molar-refractivity contribution in [1.82, 2.24) is 0 Å². The van der Waals surface area contributed by atoms with Crippen molar-refractivity contribution in [1.29, 1.82) is 0 Å². The minimum atomic E-state index is -0.915. The van der Waals surface area contributed by atoms with Crippen molar-refractivity contribution in [3.05, 3.63) is 69.7 Å². The van der Waals surface area contributed by atoms with Gasteiger partial charge >= 0.3 is 5.97 Å². The Hall–Kier alpha value is -1.65. The fraction of sp³-hybridized carbons (Fsp3) is 0.133. The van der Waals surface area contributed by atoms with Crippen LogP contribution in [0.1, 0.15) is 21.5 Å². The number of rotatable bonds is 5. The summed E-state index contributed by atoms with van der Waals surface area (Å²) in [6, 6.07) is 14.6. The molecule has 2 rings (SSSR count). The van der Waals surface area contributed by atoms with Crippen LogP contribution in [0.5, 0.6) is 0 Å². The predicted molar refractivity (Wildman–Crippen MR) is 76.0 cm³/mol. The Morgan fingerprint density at radius 2 is 1.42 bits per heavy atom. The topological polar surface area (TPSA) is 46.5 Å². The third-order valence-electron chi connectivity index (χ3n) is 2.65. The molecule has 0 spiro atoms. The zero-order chi connectivity index (χ0) is 13.7. The van der Waals surface area contributed by atoms with Crippen molar-refractivity contribution in [2.45, 2.75) is 13.2 Å². The van der Waals surface area contributed by atoms with Crippen molar-refractivity contribution in [2.75, 3.05) is 0 Å². The molecule has 0 heterocycles. The maximum absolute atomic E-state index is 10.7. The van der Waals surface area contributed by atoms with Crippen LogP contribution in [0.4, 0.5) is 0 Å². The van der Waals surface area contributed by atoms with Gasteiger partial charge in [0, 0.05) is 4.47 Å². The molecule has 0 aliphatic heterocycles. The summed E-state index contributed by atoms with van der Waals surface area (Å²) in [5.74, 6) is -0.915. The first kappa shape index (κ1) is 13.8. The van der Waals surface area contributed by atoms with E-state index in [-0.39, 0.29) is 5.56 Å². The number of hydrogen-bond acceptors (Lipinski definition) is 2. The lowest BCUT2D eigenvalue weighted by Gasteiger charge is -2.05. The molecule has 0 saturated carbocycles. The average molecular weight is 321 g/mol. The summed E-state index contributed by atoms with van der Waals surface area (Å²) in [7, 11) is 0. The lowest BCUT2D eigenvalue weighted by molar-refractivity contribution is 0.0696. The maximum Gasteiger partial charge on any atom is 0.335 e. The molecule has 98 valence electrons. The largest absolute Gasteiger partial charge is 0.478 e. The molecule has 0 atom stereocenters. The Morgan fingerprint density at radius 1 is 0.947 bits per heavy atom. The average Bonchev–Trinajstić information content (AvgIpc) is 2.41. The molecule has 0 radical (unpaired) electrons. The van der Waals surface area contributed by atoms with Gasteiger partial charge in [-0.3, -0.25) is 0 Å². The molecule has 19 heavy (non-hydrogen) atoms. The number of halogens is 1. The molecular formula is C15H13BrO3. The minimum absolute atomic E-state index is 0.289. The highest BCUT2D eigenvalue weighted by molar-refractivity contribution is 9.10. The van der Waals surface area contributed by atoms with E-state index in [1.54, 1.807) is 24.3 Å². The van der Waals surface area contributed by atoms with Crippen molar-refractivity contribution in [3.63, 3.8) is 0 Å². The SMILES string of the molecule is O=C(O)c1ccc(COCc2ccc(Br)cc2)cc1. The fourth-order valence-electron chi connectivity index (χ4n) is 1.61. The second-order valence-corrected chi connectivity index (χ2v) is 5.04. The standard InChI is InChI=1S/C15H13BrO3/c16-14-7-3-12(4-8-14)10-19-9-11-1-5-13(6-2-11)15(17)18/h1-8H,9-10H2,(H,17,18). The minimum Gasteiger partial charge on any atom is -0.478 e. The van der Waals surface area contributed by atoms with Gasteiger partial charge in [0.05, 0.1) is 18.8 Å². The smallest absolute Gasteiger partial charge is 0.335 e. The number of carboxylic acid groups (broad SMARTS) is 1. The molecule has 2 aromatic rings. The molecule has 0 aliphatic rings. The van der Waals surface area contributed by atoms with Gasteiger partial charge in [0.15, 0.2) is 0 Å².